The molecule has 0 saturated carbocycles. The van der Waals surface area contributed by atoms with Crippen molar-refractivity contribution in [2.75, 3.05) is 13.1 Å². The van der Waals surface area contributed by atoms with Crippen molar-refractivity contribution < 1.29 is 5.11 Å². The van der Waals surface area contributed by atoms with Crippen molar-refractivity contribution in [2.45, 2.75) is 32.3 Å². The zero-order valence-corrected chi connectivity index (χ0v) is 9.45. The Morgan fingerprint density at radius 3 is 2.60 bits per heavy atom. The first-order valence-electron chi connectivity index (χ1n) is 5.78. The minimum absolute atomic E-state index is 0.333. The van der Waals surface area contributed by atoms with Gasteiger partial charge in [0.15, 0.2) is 0 Å². The second kappa shape index (κ2) is 7.43. The van der Waals surface area contributed by atoms with Gasteiger partial charge < -0.3 is 10.4 Å². The molecule has 0 fully saturated rings. The molecule has 0 bridgehead atoms. The van der Waals surface area contributed by atoms with Crippen LogP contribution in [0.3, 0.4) is 0 Å². The Labute approximate surface area is 92.3 Å². The molecule has 0 aliphatic rings. The number of nitrogens with one attached hydrogen (secondary N) is 1. The van der Waals surface area contributed by atoms with Gasteiger partial charge in [-0.25, -0.2) is 0 Å². The van der Waals surface area contributed by atoms with E-state index in [1.54, 1.807) is 0 Å². The highest BCUT2D eigenvalue weighted by atomic mass is 16.3. The summed E-state index contributed by atoms with van der Waals surface area (Å²) in [7, 11) is 0. The fraction of sp³-hybridized carbons (Fsp3) is 0.538. The summed E-state index contributed by atoms with van der Waals surface area (Å²) in [6.45, 7) is 4.12. The second-order valence-electron chi connectivity index (χ2n) is 3.82. The zero-order chi connectivity index (χ0) is 10.9. The largest absolute Gasteiger partial charge is 0.388 e. The molecule has 0 spiro atoms. The molecule has 1 unspecified atom stereocenters. The quantitative estimate of drug-likeness (QED) is 0.673. The summed E-state index contributed by atoms with van der Waals surface area (Å²) in [6.07, 6.45) is 2.88. The van der Waals surface area contributed by atoms with Crippen LogP contribution in [0, 0.1) is 0 Å². The van der Waals surface area contributed by atoms with Crippen LogP contribution in [-0.2, 0) is 0 Å². The van der Waals surface area contributed by atoms with E-state index in [1.165, 1.54) is 12.8 Å². The number of hydrogen-bond acceptors (Lipinski definition) is 2. The molecular formula is C13H21NO. The Hall–Kier alpha value is -0.860. The fourth-order valence-electron chi connectivity index (χ4n) is 1.51. The standard InChI is InChI=1S/C13H21NO/c1-2-3-10-14-11-9-13(15)12-7-5-4-6-8-12/h4-8,13-15H,2-3,9-11H2,1H3. The highest BCUT2D eigenvalue weighted by Crippen LogP contribution is 2.14. The van der Waals surface area contributed by atoms with Crippen molar-refractivity contribution in [2.24, 2.45) is 0 Å². The topological polar surface area (TPSA) is 32.3 Å². The molecule has 1 atom stereocenters. The summed E-state index contributed by atoms with van der Waals surface area (Å²) in [4.78, 5) is 0. The first-order valence-corrected chi connectivity index (χ1v) is 5.78. The van der Waals surface area contributed by atoms with E-state index >= 15 is 0 Å². The predicted octanol–water partition coefficient (Wildman–Crippen LogP) is 2.50. The van der Waals surface area contributed by atoms with Gasteiger partial charge in [-0.05, 0) is 31.5 Å². The number of aliphatic hydroxyl groups is 1. The molecule has 0 aromatic heterocycles. The van der Waals surface area contributed by atoms with Gasteiger partial charge in [0, 0.05) is 0 Å². The lowest BCUT2D eigenvalue weighted by Crippen LogP contribution is -2.18. The number of hydrogen-bond donors (Lipinski definition) is 2. The average molecular weight is 207 g/mol. The molecule has 1 aromatic carbocycles. The average Bonchev–Trinajstić information content (AvgIpc) is 2.30. The van der Waals surface area contributed by atoms with E-state index in [1.807, 2.05) is 30.3 Å². The van der Waals surface area contributed by atoms with E-state index in [4.69, 9.17) is 0 Å². The fourth-order valence-corrected chi connectivity index (χ4v) is 1.51. The monoisotopic (exact) mass is 207 g/mol. The Balaban J connectivity index is 2.16. The SMILES string of the molecule is CCCCNCCC(O)c1ccccc1. The minimum atomic E-state index is -0.333. The third-order valence-corrected chi connectivity index (χ3v) is 2.49. The predicted molar refractivity (Wildman–Crippen MR) is 63.8 cm³/mol. The molecule has 0 amide bonds. The van der Waals surface area contributed by atoms with Crippen LogP contribution in [0.25, 0.3) is 0 Å². The molecule has 1 aromatic rings. The van der Waals surface area contributed by atoms with Gasteiger partial charge in [0.25, 0.3) is 0 Å². The van der Waals surface area contributed by atoms with Gasteiger partial charge in [0.1, 0.15) is 0 Å². The molecule has 15 heavy (non-hydrogen) atoms. The van der Waals surface area contributed by atoms with Gasteiger partial charge in [0.2, 0.25) is 0 Å². The highest BCUT2D eigenvalue weighted by molar-refractivity contribution is 5.17. The number of rotatable bonds is 7. The molecule has 2 N–H and O–H groups in total. The lowest BCUT2D eigenvalue weighted by Gasteiger charge is -2.11. The molecule has 2 nitrogen and oxygen atoms in total. The van der Waals surface area contributed by atoms with E-state index in [0.29, 0.717) is 0 Å². The molecule has 0 aliphatic heterocycles. The van der Waals surface area contributed by atoms with Crippen molar-refractivity contribution in [3.63, 3.8) is 0 Å². The van der Waals surface area contributed by atoms with E-state index in [2.05, 4.69) is 12.2 Å². The number of benzene rings is 1. The maximum absolute atomic E-state index is 9.84. The zero-order valence-electron chi connectivity index (χ0n) is 9.45. The van der Waals surface area contributed by atoms with E-state index < -0.39 is 0 Å². The molecule has 0 saturated heterocycles. The summed E-state index contributed by atoms with van der Waals surface area (Å²) in [6, 6.07) is 9.83. The minimum Gasteiger partial charge on any atom is -0.388 e. The van der Waals surface area contributed by atoms with Crippen LogP contribution in [-0.4, -0.2) is 18.2 Å². The lowest BCUT2D eigenvalue weighted by atomic mass is 10.1. The van der Waals surface area contributed by atoms with E-state index in [9.17, 15) is 5.11 Å². The van der Waals surface area contributed by atoms with Gasteiger partial charge in [-0.2, -0.15) is 0 Å². The van der Waals surface area contributed by atoms with Crippen LogP contribution >= 0.6 is 0 Å². The summed E-state index contributed by atoms with van der Waals surface area (Å²) in [5.74, 6) is 0. The normalized spacial score (nSPS) is 12.7. The Bertz CT molecular complexity index is 248. The van der Waals surface area contributed by atoms with Crippen LogP contribution in [0.1, 0.15) is 37.9 Å². The first-order chi connectivity index (χ1) is 7.34. The van der Waals surface area contributed by atoms with Gasteiger partial charge >= 0.3 is 0 Å². The molecule has 0 heterocycles. The summed E-state index contributed by atoms with van der Waals surface area (Å²) >= 11 is 0. The Kier molecular flexibility index (Phi) is 6.05. The van der Waals surface area contributed by atoms with Gasteiger partial charge in [-0.1, -0.05) is 43.7 Å². The van der Waals surface area contributed by atoms with Crippen LogP contribution in [0.5, 0.6) is 0 Å². The third-order valence-electron chi connectivity index (χ3n) is 2.49. The summed E-state index contributed by atoms with van der Waals surface area (Å²) in [5.41, 5.74) is 1.01. The van der Waals surface area contributed by atoms with Crippen LogP contribution in [0.2, 0.25) is 0 Å². The Morgan fingerprint density at radius 1 is 1.20 bits per heavy atom. The molecule has 84 valence electrons. The summed E-state index contributed by atoms with van der Waals surface area (Å²) < 4.78 is 0. The maximum Gasteiger partial charge on any atom is 0.0802 e. The molecular weight excluding hydrogens is 186 g/mol. The lowest BCUT2D eigenvalue weighted by molar-refractivity contribution is 0.167. The summed E-state index contributed by atoms with van der Waals surface area (Å²) in [5, 5.41) is 13.2. The smallest absolute Gasteiger partial charge is 0.0802 e. The second-order valence-corrected chi connectivity index (χ2v) is 3.82. The van der Waals surface area contributed by atoms with Crippen molar-refractivity contribution in [3.05, 3.63) is 35.9 Å². The maximum atomic E-state index is 9.84. The molecule has 0 radical (unpaired) electrons. The van der Waals surface area contributed by atoms with Crippen molar-refractivity contribution >= 4 is 0 Å². The van der Waals surface area contributed by atoms with Crippen molar-refractivity contribution in [3.8, 4) is 0 Å². The molecule has 0 aliphatic carbocycles. The molecule has 1 rings (SSSR count). The van der Waals surface area contributed by atoms with Crippen LogP contribution in [0.15, 0.2) is 30.3 Å². The highest BCUT2D eigenvalue weighted by Gasteiger charge is 2.05. The van der Waals surface area contributed by atoms with E-state index in [0.717, 1.165) is 25.1 Å². The van der Waals surface area contributed by atoms with Crippen LogP contribution < -0.4 is 5.32 Å². The van der Waals surface area contributed by atoms with Gasteiger partial charge in [-0.15, -0.1) is 0 Å². The Morgan fingerprint density at radius 2 is 1.93 bits per heavy atom. The van der Waals surface area contributed by atoms with E-state index in [-0.39, 0.29) is 6.10 Å². The van der Waals surface area contributed by atoms with Gasteiger partial charge in [-0.3, -0.25) is 0 Å². The number of aliphatic hydroxyl groups excluding tert-OH is 1. The van der Waals surface area contributed by atoms with Gasteiger partial charge in [0.05, 0.1) is 6.10 Å². The number of unbranched alkanes of at least 4 members (excludes halogenated alkanes) is 1. The van der Waals surface area contributed by atoms with Crippen LogP contribution in [0.4, 0.5) is 0 Å². The first kappa shape index (κ1) is 12.2. The third kappa shape index (κ3) is 4.96. The van der Waals surface area contributed by atoms with Crippen molar-refractivity contribution in [1.82, 2.24) is 5.32 Å². The molecule has 2 heteroatoms. The van der Waals surface area contributed by atoms with Crippen molar-refractivity contribution in [1.29, 1.82) is 0 Å².